The Morgan fingerprint density at radius 1 is 1.47 bits per heavy atom. The molecule has 1 fully saturated rings. The number of hydrogen-bond donors (Lipinski definition) is 0. The summed E-state index contributed by atoms with van der Waals surface area (Å²) in [6.45, 7) is 3.94. The van der Waals surface area contributed by atoms with Crippen molar-refractivity contribution in [3.63, 3.8) is 0 Å². The summed E-state index contributed by atoms with van der Waals surface area (Å²) in [5, 5.41) is 4.87. The Kier molecular flexibility index (Phi) is 3.66. The van der Waals surface area contributed by atoms with Crippen LogP contribution < -0.4 is 0 Å². The van der Waals surface area contributed by atoms with Crippen LogP contribution in [0.25, 0.3) is 9.88 Å². The third-order valence-corrected chi connectivity index (χ3v) is 5.28. The van der Waals surface area contributed by atoms with E-state index in [-0.39, 0.29) is 5.91 Å². The van der Waals surface area contributed by atoms with E-state index in [9.17, 15) is 4.79 Å². The van der Waals surface area contributed by atoms with Crippen molar-refractivity contribution in [2.24, 2.45) is 5.92 Å². The molecular weight excluding hydrogens is 276 g/mol. The maximum absolute atomic E-state index is 12.4. The topological polar surface area (TPSA) is 33.2 Å². The first-order chi connectivity index (χ1) is 9.24. The van der Waals surface area contributed by atoms with Crippen LogP contribution in [0.4, 0.5) is 0 Å². The van der Waals surface area contributed by atoms with E-state index in [4.69, 9.17) is 0 Å². The molecule has 0 aromatic carbocycles. The van der Waals surface area contributed by atoms with Gasteiger partial charge in [0.25, 0.3) is 5.91 Å². The van der Waals surface area contributed by atoms with Gasteiger partial charge in [-0.15, -0.1) is 22.7 Å². The second-order valence-corrected chi connectivity index (χ2v) is 6.82. The normalized spacial score (nSPS) is 19.6. The zero-order valence-electron chi connectivity index (χ0n) is 10.8. The number of amides is 1. The zero-order valence-corrected chi connectivity index (χ0v) is 12.5. The van der Waals surface area contributed by atoms with E-state index >= 15 is 0 Å². The number of hydrogen-bond acceptors (Lipinski definition) is 4. The van der Waals surface area contributed by atoms with Gasteiger partial charge in [-0.2, -0.15) is 0 Å². The third-order valence-electron chi connectivity index (χ3n) is 3.40. The minimum Gasteiger partial charge on any atom is -0.337 e. The third kappa shape index (κ3) is 2.72. The van der Waals surface area contributed by atoms with Crippen LogP contribution >= 0.6 is 22.7 Å². The lowest BCUT2D eigenvalue weighted by molar-refractivity contribution is 0.0678. The first kappa shape index (κ1) is 12.8. The van der Waals surface area contributed by atoms with E-state index in [1.165, 1.54) is 6.42 Å². The van der Waals surface area contributed by atoms with Gasteiger partial charge in [-0.1, -0.05) is 13.0 Å². The average molecular weight is 292 g/mol. The van der Waals surface area contributed by atoms with Gasteiger partial charge in [-0.3, -0.25) is 4.79 Å². The molecule has 0 aliphatic carbocycles. The molecule has 2 aromatic heterocycles. The van der Waals surface area contributed by atoms with Crippen LogP contribution in [-0.4, -0.2) is 28.9 Å². The molecule has 0 bridgehead atoms. The summed E-state index contributed by atoms with van der Waals surface area (Å²) in [5.74, 6) is 0.693. The summed E-state index contributed by atoms with van der Waals surface area (Å²) in [5.41, 5.74) is 0.600. The molecule has 0 radical (unpaired) electrons. The second-order valence-electron chi connectivity index (χ2n) is 5.01. The van der Waals surface area contributed by atoms with Gasteiger partial charge in [0.15, 0.2) is 0 Å². The van der Waals surface area contributed by atoms with Gasteiger partial charge in [0.05, 0.1) is 4.88 Å². The fourth-order valence-electron chi connectivity index (χ4n) is 2.42. The predicted molar refractivity (Wildman–Crippen MR) is 79.7 cm³/mol. The number of likely N-dealkylation sites (tertiary alicyclic amines) is 1. The summed E-state index contributed by atoms with van der Waals surface area (Å²) >= 11 is 3.21. The van der Waals surface area contributed by atoms with Crippen molar-refractivity contribution in [2.45, 2.75) is 19.8 Å². The molecule has 1 unspecified atom stereocenters. The van der Waals surface area contributed by atoms with Gasteiger partial charge in [0, 0.05) is 18.5 Å². The lowest BCUT2D eigenvalue weighted by Crippen LogP contribution is -2.39. The Morgan fingerprint density at radius 3 is 3.11 bits per heavy atom. The van der Waals surface area contributed by atoms with E-state index < -0.39 is 0 Å². The van der Waals surface area contributed by atoms with Gasteiger partial charge < -0.3 is 4.90 Å². The van der Waals surface area contributed by atoms with Crippen molar-refractivity contribution in [2.75, 3.05) is 13.1 Å². The van der Waals surface area contributed by atoms with Gasteiger partial charge in [-0.05, 0) is 30.2 Å². The highest BCUT2D eigenvalue weighted by atomic mass is 32.1. The van der Waals surface area contributed by atoms with Crippen molar-refractivity contribution in [3.05, 3.63) is 28.6 Å². The fraction of sp³-hybridized carbons (Fsp3) is 0.429. The molecule has 0 spiro atoms. The Labute approximate surface area is 120 Å². The molecule has 19 heavy (non-hydrogen) atoms. The smallest absolute Gasteiger partial charge is 0.273 e. The Morgan fingerprint density at radius 2 is 2.37 bits per heavy atom. The number of carbonyl (C=O) groups excluding carboxylic acids is 1. The minimum absolute atomic E-state index is 0.0885. The molecular formula is C14H16N2OS2. The molecule has 1 aliphatic heterocycles. The monoisotopic (exact) mass is 292 g/mol. The summed E-state index contributed by atoms with van der Waals surface area (Å²) in [7, 11) is 0. The van der Waals surface area contributed by atoms with E-state index in [1.807, 2.05) is 27.8 Å². The summed E-state index contributed by atoms with van der Waals surface area (Å²) < 4.78 is 0. The molecule has 3 rings (SSSR count). The highest BCUT2D eigenvalue weighted by Gasteiger charge is 2.23. The van der Waals surface area contributed by atoms with E-state index in [0.29, 0.717) is 11.6 Å². The molecule has 3 heterocycles. The Balaban J connectivity index is 1.77. The van der Waals surface area contributed by atoms with Gasteiger partial charge in [0.2, 0.25) is 0 Å². The van der Waals surface area contributed by atoms with Crippen LogP contribution in [0, 0.1) is 5.92 Å². The molecule has 0 saturated carbocycles. The van der Waals surface area contributed by atoms with E-state index in [1.54, 1.807) is 22.7 Å². The number of thiophene rings is 1. The SMILES string of the molecule is CC1CCCN(C(=O)c2csc(-c3cccs3)n2)C1. The van der Waals surface area contributed by atoms with Crippen molar-refractivity contribution in [1.82, 2.24) is 9.88 Å². The highest BCUT2D eigenvalue weighted by Crippen LogP contribution is 2.28. The molecule has 2 aromatic rings. The number of nitrogens with zero attached hydrogens (tertiary/aromatic N) is 2. The standard InChI is InChI=1S/C14H16N2OS2/c1-10-4-2-6-16(8-10)14(17)11-9-19-13(15-11)12-5-3-7-18-12/h3,5,7,9-10H,2,4,6,8H2,1H3. The van der Waals surface area contributed by atoms with Gasteiger partial charge in [0.1, 0.15) is 10.7 Å². The number of piperidine rings is 1. The first-order valence-electron chi connectivity index (χ1n) is 6.52. The zero-order chi connectivity index (χ0) is 13.2. The molecule has 5 heteroatoms. The van der Waals surface area contributed by atoms with Crippen LogP contribution in [0.2, 0.25) is 0 Å². The van der Waals surface area contributed by atoms with Crippen molar-refractivity contribution in [1.29, 1.82) is 0 Å². The first-order valence-corrected chi connectivity index (χ1v) is 8.28. The van der Waals surface area contributed by atoms with Crippen LogP contribution in [0.15, 0.2) is 22.9 Å². The number of carbonyl (C=O) groups is 1. The lowest BCUT2D eigenvalue weighted by Gasteiger charge is -2.30. The molecule has 100 valence electrons. The Bertz CT molecular complexity index is 562. The van der Waals surface area contributed by atoms with Crippen molar-refractivity contribution < 1.29 is 4.79 Å². The highest BCUT2D eigenvalue weighted by molar-refractivity contribution is 7.20. The minimum atomic E-state index is 0.0885. The second kappa shape index (κ2) is 5.43. The molecule has 1 saturated heterocycles. The largest absolute Gasteiger partial charge is 0.337 e. The molecule has 1 aliphatic rings. The van der Waals surface area contributed by atoms with Crippen LogP contribution in [-0.2, 0) is 0 Å². The van der Waals surface area contributed by atoms with Crippen LogP contribution in [0.1, 0.15) is 30.3 Å². The molecule has 3 nitrogen and oxygen atoms in total. The van der Waals surface area contributed by atoms with Gasteiger partial charge in [-0.25, -0.2) is 4.98 Å². The maximum atomic E-state index is 12.4. The maximum Gasteiger partial charge on any atom is 0.273 e. The molecule has 1 amide bonds. The lowest BCUT2D eigenvalue weighted by atomic mass is 10.0. The van der Waals surface area contributed by atoms with E-state index in [0.717, 1.165) is 29.4 Å². The number of aromatic nitrogens is 1. The Hall–Kier alpha value is -1.20. The summed E-state index contributed by atoms with van der Waals surface area (Å²) in [4.78, 5) is 20.0. The quantitative estimate of drug-likeness (QED) is 0.844. The summed E-state index contributed by atoms with van der Waals surface area (Å²) in [6.07, 6.45) is 2.33. The van der Waals surface area contributed by atoms with Crippen LogP contribution in [0.5, 0.6) is 0 Å². The molecule has 0 N–H and O–H groups in total. The van der Waals surface area contributed by atoms with Crippen LogP contribution in [0.3, 0.4) is 0 Å². The predicted octanol–water partition coefficient (Wildman–Crippen LogP) is 3.74. The number of thiazole rings is 1. The van der Waals surface area contributed by atoms with Crippen molar-refractivity contribution >= 4 is 28.6 Å². The van der Waals surface area contributed by atoms with Gasteiger partial charge >= 0.3 is 0 Å². The number of rotatable bonds is 2. The fourth-order valence-corrected chi connectivity index (χ4v) is 4.03. The van der Waals surface area contributed by atoms with E-state index in [2.05, 4.69) is 11.9 Å². The average Bonchev–Trinajstić information content (AvgIpc) is 3.08. The molecule has 1 atom stereocenters. The van der Waals surface area contributed by atoms with Crippen molar-refractivity contribution in [3.8, 4) is 9.88 Å². The summed E-state index contributed by atoms with van der Waals surface area (Å²) in [6, 6.07) is 4.05.